The van der Waals surface area contributed by atoms with Crippen molar-refractivity contribution in [3.05, 3.63) is 0 Å². The van der Waals surface area contributed by atoms with Gasteiger partial charge >= 0.3 is 0 Å². The highest BCUT2D eigenvalue weighted by molar-refractivity contribution is 7.84. The second-order valence-corrected chi connectivity index (χ2v) is 5.44. The van der Waals surface area contributed by atoms with Crippen LogP contribution in [0.15, 0.2) is 0 Å². The topological polar surface area (TPSA) is 97.0 Å². The third-order valence-corrected chi connectivity index (χ3v) is 3.28. The molecule has 0 spiro atoms. The molecule has 1 heterocycles. The molecule has 0 aliphatic carbocycles. The fraction of sp³-hybridized carbons (Fsp3) is 0.667. The van der Waals surface area contributed by atoms with Crippen molar-refractivity contribution in [2.45, 2.75) is 6.92 Å². The van der Waals surface area contributed by atoms with Crippen LogP contribution in [0.25, 0.3) is 0 Å². The minimum Gasteiger partial charge on any atom is -0.368 e. The van der Waals surface area contributed by atoms with Gasteiger partial charge in [-0.2, -0.15) is 15.0 Å². The van der Waals surface area contributed by atoms with E-state index < -0.39 is 10.8 Å². The number of hydrogen-bond acceptors (Lipinski definition) is 7. The van der Waals surface area contributed by atoms with Gasteiger partial charge in [0.15, 0.2) is 0 Å². The average Bonchev–Trinajstić information content (AvgIpc) is 2.28. The Morgan fingerprint density at radius 3 is 2.65 bits per heavy atom. The molecule has 0 saturated heterocycles. The van der Waals surface area contributed by atoms with E-state index in [0.717, 1.165) is 0 Å². The van der Waals surface area contributed by atoms with Crippen molar-refractivity contribution >= 4 is 28.6 Å². The Kier molecular flexibility index (Phi) is 5.08. The Bertz CT molecular complexity index is 397. The van der Waals surface area contributed by atoms with E-state index in [4.69, 9.17) is 5.73 Å². The van der Waals surface area contributed by atoms with E-state index in [1.54, 1.807) is 4.90 Å². The van der Waals surface area contributed by atoms with E-state index in [-0.39, 0.29) is 5.95 Å². The third kappa shape index (κ3) is 4.51. The van der Waals surface area contributed by atoms with Crippen LogP contribution < -0.4 is 16.0 Å². The molecule has 0 aliphatic rings. The molecule has 1 unspecified atom stereocenters. The molecule has 0 aliphatic heterocycles. The van der Waals surface area contributed by atoms with E-state index in [1.165, 1.54) is 0 Å². The van der Waals surface area contributed by atoms with Gasteiger partial charge in [0.05, 0.1) is 0 Å². The quantitative estimate of drug-likeness (QED) is 0.723. The number of nitrogens with two attached hydrogens (primary N) is 1. The Labute approximate surface area is 103 Å². The van der Waals surface area contributed by atoms with Gasteiger partial charge < -0.3 is 16.0 Å². The van der Waals surface area contributed by atoms with Crippen molar-refractivity contribution < 1.29 is 4.21 Å². The van der Waals surface area contributed by atoms with Crippen molar-refractivity contribution in [3.63, 3.8) is 0 Å². The van der Waals surface area contributed by atoms with Gasteiger partial charge in [0, 0.05) is 42.9 Å². The average molecular weight is 258 g/mol. The molecule has 0 amide bonds. The highest BCUT2D eigenvalue weighted by Gasteiger charge is 2.05. The van der Waals surface area contributed by atoms with Crippen LogP contribution in [-0.2, 0) is 10.8 Å². The molecule has 1 aromatic rings. The van der Waals surface area contributed by atoms with Gasteiger partial charge in [-0.15, -0.1) is 0 Å². The minimum absolute atomic E-state index is 0.169. The summed E-state index contributed by atoms with van der Waals surface area (Å²) in [6, 6.07) is 0. The van der Waals surface area contributed by atoms with Crippen LogP contribution in [0.1, 0.15) is 6.92 Å². The fourth-order valence-electron chi connectivity index (χ4n) is 1.08. The van der Waals surface area contributed by atoms with Crippen LogP contribution in [0.3, 0.4) is 0 Å². The van der Waals surface area contributed by atoms with Gasteiger partial charge in [0.2, 0.25) is 17.8 Å². The molecule has 1 aromatic heterocycles. The van der Waals surface area contributed by atoms with Gasteiger partial charge in [-0.25, -0.2) is 0 Å². The number of hydrogen-bond donors (Lipinski definition) is 2. The lowest BCUT2D eigenvalue weighted by Crippen LogP contribution is -2.18. The molecule has 3 N–H and O–H groups in total. The third-order valence-electron chi connectivity index (χ3n) is 1.98. The molecule has 0 aromatic carbocycles. The molecule has 0 radical (unpaired) electrons. The minimum atomic E-state index is -0.795. The summed E-state index contributed by atoms with van der Waals surface area (Å²) < 4.78 is 11.2. The maximum absolute atomic E-state index is 11.2. The summed E-state index contributed by atoms with van der Waals surface area (Å²) in [6.07, 6.45) is 0. The Balaban J connectivity index is 2.62. The van der Waals surface area contributed by atoms with Crippen LogP contribution in [-0.4, -0.2) is 51.3 Å². The van der Waals surface area contributed by atoms with Crippen molar-refractivity contribution in [3.8, 4) is 0 Å². The highest BCUT2D eigenvalue weighted by atomic mass is 32.2. The molecule has 7 nitrogen and oxygen atoms in total. The summed E-state index contributed by atoms with van der Waals surface area (Å²) in [7, 11) is 2.85. The number of nitrogen functional groups attached to an aromatic ring is 1. The molecular formula is C9H18N6OS. The summed E-state index contributed by atoms with van der Waals surface area (Å²) in [6.45, 7) is 2.44. The van der Waals surface area contributed by atoms with Crippen LogP contribution in [0.2, 0.25) is 0 Å². The zero-order valence-corrected chi connectivity index (χ0v) is 11.1. The molecular weight excluding hydrogens is 240 g/mol. The monoisotopic (exact) mass is 258 g/mol. The second-order valence-electron chi connectivity index (χ2n) is 3.57. The lowest BCUT2D eigenvalue weighted by molar-refractivity contribution is 0.684. The molecule has 96 valence electrons. The molecule has 0 bridgehead atoms. The highest BCUT2D eigenvalue weighted by Crippen LogP contribution is 2.08. The van der Waals surface area contributed by atoms with Crippen molar-refractivity contribution in [2.75, 3.05) is 48.1 Å². The van der Waals surface area contributed by atoms with Crippen molar-refractivity contribution in [1.82, 2.24) is 15.0 Å². The normalized spacial score (nSPS) is 12.2. The molecule has 1 atom stereocenters. The first-order chi connectivity index (χ1) is 8.02. The first-order valence-corrected chi connectivity index (χ1v) is 6.79. The predicted molar refractivity (Wildman–Crippen MR) is 70.6 cm³/mol. The van der Waals surface area contributed by atoms with E-state index in [2.05, 4.69) is 20.3 Å². The standard InChI is InChI=1S/C9H18N6OS/c1-4-17(16)6-5-11-8-12-7(10)13-9(14-8)15(2)3/h4-6H2,1-3H3,(H3,10,11,12,13,14). The fourth-order valence-corrected chi connectivity index (χ4v) is 1.70. The van der Waals surface area contributed by atoms with Gasteiger partial charge in [-0.05, 0) is 0 Å². The zero-order chi connectivity index (χ0) is 12.8. The lowest BCUT2D eigenvalue weighted by Gasteiger charge is -2.11. The van der Waals surface area contributed by atoms with Crippen LogP contribution in [0.4, 0.5) is 17.8 Å². The van der Waals surface area contributed by atoms with Gasteiger partial charge in [0.25, 0.3) is 0 Å². The van der Waals surface area contributed by atoms with Crippen LogP contribution >= 0.6 is 0 Å². The number of nitrogens with one attached hydrogen (secondary N) is 1. The van der Waals surface area contributed by atoms with Crippen molar-refractivity contribution in [1.29, 1.82) is 0 Å². The number of rotatable bonds is 6. The Morgan fingerprint density at radius 1 is 1.35 bits per heavy atom. The van der Waals surface area contributed by atoms with E-state index >= 15 is 0 Å². The number of aromatic nitrogens is 3. The predicted octanol–water partition coefficient (Wildman–Crippen LogP) is -0.300. The molecule has 1 rings (SSSR count). The van der Waals surface area contributed by atoms with Crippen LogP contribution in [0, 0.1) is 0 Å². The Morgan fingerprint density at radius 2 is 2.06 bits per heavy atom. The first kappa shape index (κ1) is 13.6. The Hall–Kier alpha value is -1.44. The summed E-state index contributed by atoms with van der Waals surface area (Å²) >= 11 is 0. The summed E-state index contributed by atoms with van der Waals surface area (Å²) in [4.78, 5) is 13.8. The molecule has 8 heteroatoms. The number of nitrogens with zero attached hydrogens (tertiary/aromatic N) is 4. The van der Waals surface area contributed by atoms with Gasteiger partial charge in [0.1, 0.15) is 0 Å². The molecule has 0 fully saturated rings. The molecule has 0 saturated carbocycles. The summed E-state index contributed by atoms with van der Waals surface area (Å²) in [5, 5.41) is 2.98. The maximum Gasteiger partial charge on any atom is 0.231 e. The zero-order valence-electron chi connectivity index (χ0n) is 10.3. The number of anilines is 3. The largest absolute Gasteiger partial charge is 0.368 e. The molecule has 17 heavy (non-hydrogen) atoms. The van der Waals surface area contributed by atoms with Gasteiger partial charge in [-0.1, -0.05) is 6.92 Å². The smallest absolute Gasteiger partial charge is 0.231 e. The SMILES string of the molecule is CCS(=O)CCNc1nc(N)nc(N(C)C)n1. The summed E-state index contributed by atoms with van der Waals surface area (Å²) in [5.41, 5.74) is 5.57. The maximum atomic E-state index is 11.2. The first-order valence-electron chi connectivity index (χ1n) is 5.30. The van der Waals surface area contributed by atoms with Gasteiger partial charge in [-0.3, -0.25) is 4.21 Å². The van der Waals surface area contributed by atoms with Crippen LogP contribution in [0.5, 0.6) is 0 Å². The van der Waals surface area contributed by atoms with E-state index in [9.17, 15) is 4.21 Å². The summed E-state index contributed by atoms with van der Waals surface area (Å²) in [5.74, 6) is 2.30. The second kappa shape index (κ2) is 6.33. The lowest BCUT2D eigenvalue weighted by atomic mass is 10.7. The van der Waals surface area contributed by atoms with Crippen molar-refractivity contribution in [2.24, 2.45) is 0 Å². The van der Waals surface area contributed by atoms with E-state index in [1.807, 2.05) is 21.0 Å². The van der Waals surface area contributed by atoms with E-state index in [0.29, 0.717) is 29.9 Å².